The molecule has 2 rings (SSSR count). The van der Waals surface area contributed by atoms with Gasteiger partial charge in [0.15, 0.2) is 0 Å². The normalized spacial score (nSPS) is 12.9. The number of fused-ring (bicyclic) bond motifs is 1. The van der Waals surface area contributed by atoms with Crippen LogP contribution in [-0.4, -0.2) is 25.9 Å². The summed E-state index contributed by atoms with van der Waals surface area (Å²) in [6.07, 6.45) is 3.30. The summed E-state index contributed by atoms with van der Waals surface area (Å²) >= 11 is 0. The van der Waals surface area contributed by atoms with Crippen LogP contribution in [0.5, 0.6) is 0 Å². The van der Waals surface area contributed by atoms with Crippen LogP contribution in [0.1, 0.15) is 18.4 Å². The summed E-state index contributed by atoms with van der Waals surface area (Å²) in [5.74, 6) is -1.39. The molecule has 0 spiro atoms. The van der Waals surface area contributed by atoms with Gasteiger partial charge in [-0.25, -0.2) is 4.52 Å². The lowest BCUT2D eigenvalue weighted by Gasteiger charge is -2.06. The standard InChI is InChI=1S/C9H9N3O2/c1-6(9(13)14)7-3-2-4-12-8(7)5-10-11-12/h2-6H,1H3,(H,13,14). The highest BCUT2D eigenvalue weighted by molar-refractivity contribution is 5.78. The topological polar surface area (TPSA) is 67.5 Å². The zero-order valence-electron chi connectivity index (χ0n) is 7.58. The molecular formula is C9H9N3O2. The third kappa shape index (κ3) is 1.22. The van der Waals surface area contributed by atoms with Gasteiger partial charge in [-0.2, -0.15) is 0 Å². The average Bonchev–Trinajstić information content (AvgIpc) is 2.63. The number of pyridine rings is 1. The molecule has 0 aromatic carbocycles. The van der Waals surface area contributed by atoms with E-state index < -0.39 is 11.9 Å². The number of carboxylic acids is 1. The molecule has 5 heteroatoms. The van der Waals surface area contributed by atoms with E-state index in [4.69, 9.17) is 5.11 Å². The highest BCUT2D eigenvalue weighted by atomic mass is 16.4. The molecule has 0 aliphatic carbocycles. The van der Waals surface area contributed by atoms with Crippen molar-refractivity contribution in [3.63, 3.8) is 0 Å². The van der Waals surface area contributed by atoms with Gasteiger partial charge < -0.3 is 5.11 Å². The minimum atomic E-state index is -0.848. The first-order chi connectivity index (χ1) is 6.70. The molecule has 2 aromatic rings. The van der Waals surface area contributed by atoms with Crippen LogP contribution in [0.15, 0.2) is 24.5 Å². The van der Waals surface area contributed by atoms with E-state index in [1.165, 1.54) is 0 Å². The minimum Gasteiger partial charge on any atom is -0.481 e. The van der Waals surface area contributed by atoms with E-state index in [1.807, 2.05) is 0 Å². The van der Waals surface area contributed by atoms with Gasteiger partial charge in [0.25, 0.3) is 0 Å². The van der Waals surface area contributed by atoms with E-state index in [-0.39, 0.29) is 0 Å². The van der Waals surface area contributed by atoms with E-state index in [9.17, 15) is 4.79 Å². The second-order valence-corrected chi connectivity index (χ2v) is 3.09. The van der Waals surface area contributed by atoms with E-state index in [0.29, 0.717) is 0 Å². The number of carboxylic acid groups (broad SMARTS) is 1. The van der Waals surface area contributed by atoms with E-state index in [0.717, 1.165) is 11.1 Å². The Balaban J connectivity index is 2.61. The quantitative estimate of drug-likeness (QED) is 0.766. The van der Waals surface area contributed by atoms with Crippen molar-refractivity contribution in [1.29, 1.82) is 0 Å². The zero-order chi connectivity index (χ0) is 10.1. The molecule has 0 bridgehead atoms. The molecule has 0 amide bonds. The summed E-state index contributed by atoms with van der Waals surface area (Å²) in [5, 5.41) is 16.4. The van der Waals surface area contributed by atoms with Gasteiger partial charge in [0.05, 0.1) is 17.6 Å². The molecule has 2 aromatic heterocycles. The summed E-state index contributed by atoms with van der Waals surface area (Å²) < 4.78 is 1.56. The van der Waals surface area contributed by atoms with Crippen LogP contribution < -0.4 is 0 Å². The Hall–Kier alpha value is -1.91. The van der Waals surface area contributed by atoms with Crippen molar-refractivity contribution in [3.05, 3.63) is 30.1 Å². The molecule has 0 saturated heterocycles. The summed E-state index contributed by atoms with van der Waals surface area (Å²) in [6, 6.07) is 3.54. The molecule has 2 heterocycles. The van der Waals surface area contributed by atoms with Crippen LogP contribution in [0.3, 0.4) is 0 Å². The molecule has 0 fully saturated rings. The molecule has 14 heavy (non-hydrogen) atoms. The number of aromatic nitrogens is 3. The molecule has 0 aliphatic heterocycles. The van der Waals surface area contributed by atoms with Gasteiger partial charge in [-0.1, -0.05) is 11.3 Å². The first-order valence-corrected chi connectivity index (χ1v) is 4.22. The Bertz CT molecular complexity index is 478. The SMILES string of the molecule is CC(C(=O)O)c1cccn2nncc12. The first kappa shape index (κ1) is 8.68. The van der Waals surface area contributed by atoms with Gasteiger partial charge in [-0.3, -0.25) is 4.79 Å². The summed E-state index contributed by atoms with van der Waals surface area (Å²) in [7, 11) is 0. The van der Waals surface area contributed by atoms with E-state index >= 15 is 0 Å². The van der Waals surface area contributed by atoms with E-state index in [1.54, 1.807) is 36.0 Å². The van der Waals surface area contributed by atoms with Crippen molar-refractivity contribution >= 4 is 11.5 Å². The molecular weight excluding hydrogens is 182 g/mol. The van der Waals surface area contributed by atoms with Crippen molar-refractivity contribution < 1.29 is 9.90 Å². The molecule has 0 saturated carbocycles. The summed E-state index contributed by atoms with van der Waals surface area (Å²) in [4.78, 5) is 10.8. The third-order valence-corrected chi connectivity index (χ3v) is 2.21. The summed E-state index contributed by atoms with van der Waals surface area (Å²) in [6.45, 7) is 1.64. The molecule has 5 nitrogen and oxygen atoms in total. The van der Waals surface area contributed by atoms with Gasteiger partial charge in [-0.05, 0) is 18.6 Å². The fourth-order valence-electron chi connectivity index (χ4n) is 1.37. The van der Waals surface area contributed by atoms with Gasteiger partial charge in [0.1, 0.15) is 0 Å². The van der Waals surface area contributed by atoms with Crippen LogP contribution in [0.4, 0.5) is 0 Å². The van der Waals surface area contributed by atoms with Crippen molar-refractivity contribution in [2.45, 2.75) is 12.8 Å². The highest BCUT2D eigenvalue weighted by Crippen LogP contribution is 2.19. The van der Waals surface area contributed by atoms with Crippen LogP contribution in [0, 0.1) is 0 Å². The molecule has 0 radical (unpaired) electrons. The van der Waals surface area contributed by atoms with Gasteiger partial charge in [0.2, 0.25) is 0 Å². The number of hydrogen-bond donors (Lipinski definition) is 1. The van der Waals surface area contributed by atoms with Crippen LogP contribution >= 0.6 is 0 Å². The van der Waals surface area contributed by atoms with Crippen molar-refractivity contribution in [1.82, 2.24) is 14.8 Å². The largest absolute Gasteiger partial charge is 0.481 e. The Morgan fingerprint density at radius 1 is 1.64 bits per heavy atom. The maximum atomic E-state index is 10.8. The van der Waals surface area contributed by atoms with Crippen molar-refractivity contribution in [3.8, 4) is 0 Å². The predicted octanol–water partition coefficient (Wildman–Crippen LogP) is 0.917. The number of hydrogen-bond acceptors (Lipinski definition) is 3. The van der Waals surface area contributed by atoms with Crippen LogP contribution in [-0.2, 0) is 4.79 Å². The first-order valence-electron chi connectivity index (χ1n) is 4.22. The predicted molar refractivity (Wildman–Crippen MR) is 49.0 cm³/mol. The second-order valence-electron chi connectivity index (χ2n) is 3.09. The molecule has 1 N–H and O–H groups in total. The average molecular weight is 191 g/mol. The Kier molecular flexibility index (Phi) is 1.92. The highest BCUT2D eigenvalue weighted by Gasteiger charge is 2.16. The fourth-order valence-corrected chi connectivity index (χ4v) is 1.37. The lowest BCUT2D eigenvalue weighted by Crippen LogP contribution is -2.08. The maximum Gasteiger partial charge on any atom is 0.310 e. The molecule has 0 aliphatic rings. The van der Waals surface area contributed by atoms with Gasteiger partial charge >= 0.3 is 5.97 Å². The summed E-state index contributed by atoms with van der Waals surface area (Å²) in [5.41, 5.74) is 1.47. The minimum absolute atomic E-state index is 0.544. The molecule has 72 valence electrons. The van der Waals surface area contributed by atoms with E-state index in [2.05, 4.69) is 10.3 Å². The lowest BCUT2D eigenvalue weighted by molar-refractivity contribution is -0.138. The van der Waals surface area contributed by atoms with Gasteiger partial charge in [0, 0.05) is 6.20 Å². The van der Waals surface area contributed by atoms with Crippen LogP contribution in [0.25, 0.3) is 5.52 Å². The fraction of sp³-hybridized carbons (Fsp3) is 0.222. The number of rotatable bonds is 2. The number of nitrogens with zero attached hydrogens (tertiary/aromatic N) is 3. The number of carbonyl (C=O) groups is 1. The second kappa shape index (κ2) is 3.10. The lowest BCUT2D eigenvalue weighted by atomic mass is 10.0. The smallest absolute Gasteiger partial charge is 0.310 e. The van der Waals surface area contributed by atoms with Crippen molar-refractivity contribution in [2.24, 2.45) is 0 Å². The van der Waals surface area contributed by atoms with Crippen molar-refractivity contribution in [2.75, 3.05) is 0 Å². The Labute approximate surface area is 80.0 Å². The molecule has 1 atom stereocenters. The maximum absolute atomic E-state index is 10.8. The van der Waals surface area contributed by atoms with Gasteiger partial charge in [-0.15, -0.1) is 5.10 Å². The molecule has 1 unspecified atom stereocenters. The van der Waals surface area contributed by atoms with Crippen LogP contribution in [0.2, 0.25) is 0 Å². The number of aliphatic carboxylic acids is 1. The monoisotopic (exact) mass is 191 g/mol. The third-order valence-electron chi connectivity index (χ3n) is 2.21. The Morgan fingerprint density at radius 3 is 3.14 bits per heavy atom. The zero-order valence-corrected chi connectivity index (χ0v) is 7.58. The Morgan fingerprint density at radius 2 is 2.43 bits per heavy atom.